The van der Waals surface area contributed by atoms with Crippen molar-refractivity contribution in [3.63, 3.8) is 0 Å². The number of rotatable bonds is 3. The van der Waals surface area contributed by atoms with Crippen LogP contribution in [-0.4, -0.2) is 40.8 Å². The molecule has 1 aromatic carbocycles. The average Bonchev–Trinajstić information content (AvgIpc) is 3.09. The standard InChI is InChI=1S/C23H30N4O5/c1-14-9-11-15(12-10-14)16-13-17(32-26-16)18(25-8)19(24)27(20(28)30-22(2,3)4)21(29)31-23(5,6)7/h9-13,24,26H,8H2,1-7H3. The summed E-state index contributed by atoms with van der Waals surface area (Å²) < 4.78 is 10.6. The highest BCUT2D eigenvalue weighted by atomic mass is 16.7. The van der Waals surface area contributed by atoms with Gasteiger partial charge in [0.15, 0.2) is 17.3 Å². The fraction of sp³-hybridized carbons (Fsp3) is 0.391. The zero-order chi connectivity index (χ0) is 24.3. The molecule has 0 fully saturated rings. The van der Waals surface area contributed by atoms with Gasteiger partial charge in [0.1, 0.15) is 11.2 Å². The molecule has 0 saturated heterocycles. The van der Waals surface area contributed by atoms with Crippen molar-refractivity contribution in [3.8, 4) is 0 Å². The second-order valence-electron chi connectivity index (χ2n) is 9.14. The molecule has 9 heteroatoms. The molecule has 172 valence electrons. The molecule has 2 amide bonds. The number of carbonyl (C=O) groups is 2. The Morgan fingerprint density at radius 1 is 1.03 bits per heavy atom. The average molecular weight is 443 g/mol. The Bertz CT molecular complexity index is 951. The van der Waals surface area contributed by atoms with Gasteiger partial charge in [-0.2, -0.15) is 4.90 Å². The molecule has 0 unspecified atom stereocenters. The number of nitrogens with zero attached hydrogens (tertiary/aromatic N) is 2. The van der Waals surface area contributed by atoms with E-state index in [4.69, 9.17) is 19.7 Å². The SMILES string of the molecule is C=NC(C(=N)N(C(=O)OC(C)(C)C)C(=O)OC(C)(C)C)=C1C=C(c2ccc(C)cc2)NO1. The van der Waals surface area contributed by atoms with E-state index in [1.807, 2.05) is 31.2 Å². The van der Waals surface area contributed by atoms with Gasteiger partial charge in [-0.05, 0) is 55.2 Å². The molecule has 1 aliphatic heterocycles. The van der Waals surface area contributed by atoms with E-state index < -0.39 is 29.2 Å². The lowest BCUT2D eigenvalue weighted by Gasteiger charge is -2.28. The highest BCUT2D eigenvalue weighted by Gasteiger charge is 2.37. The summed E-state index contributed by atoms with van der Waals surface area (Å²) in [7, 11) is 0. The topological polar surface area (TPSA) is 113 Å². The number of aryl methyl sites for hydroxylation is 1. The summed E-state index contributed by atoms with van der Waals surface area (Å²) in [6.07, 6.45) is -0.551. The third kappa shape index (κ3) is 6.44. The van der Waals surface area contributed by atoms with Gasteiger partial charge in [0.25, 0.3) is 0 Å². The monoisotopic (exact) mass is 442 g/mol. The van der Waals surface area contributed by atoms with Gasteiger partial charge >= 0.3 is 12.2 Å². The molecule has 1 aliphatic rings. The van der Waals surface area contributed by atoms with E-state index in [1.165, 1.54) is 0 Å². The Morgan fingerprint density at radius 2 is 1.53 bits per heavy atom. The maximum atomic E-state index is 12.8. The third-order valence-electron chi connectivity index (χ3n) is 3.90. The predicted octanol–water partition coefficient (Wildman–Crippen LogP) is 4.93. The lowest BCUT2D eigenvalue weighted by molar-refractivity contribution is 0.0146. The van der Waals surface area contributed by atoms with Gasteiger partial charge < -0.3 is 14.3 Å². The van der Waals surface area contributed by atoms with Crippen molar-refractivity contribution in [2.24, 2.45) is 4.99 Å². The smallest absolute Gasteiger partial charge is 0.425 e. The van der Waals surface area contributed by atoms with Crippen molar-refractivity contribution < 1.29 is 23.9 Å². The van der Waals surface area contributed by atoms with E-state index in [-0.39, 0.29) is 11.5 Å². The summed E-state index contributed by atoms with van der Waals surface area (Å²) in [4.78, 5) is 35.3. The van der Waals surface area contributed by atoms with Crippen LogP contribution in [0.3, 0.4) is 0 Å². The van der Waals surface area contributed by atoms with Crippen LogP contribution in [0.4, 0.5) is 9.59 Å². The fourth-order valence-corrected chi connectivity index (χ4v) is 2.54. The van der Waals surface area contributed by atoms with Crippen LogP contribution in [0.2, 0.25) is 0 Å². The minimum atomic E-state index is -1.08. The van der Waals surface area contributed by atoms with Crippen molar-refractivity contribution in [2.75, 3.05) is 0 Å². The van der Waals surface area contributed by atoms with Crippen molar-refractivity contribution in [2.45, 2.75) is 59.7 Å². The summed E-state index contributed by atoms with van der Waals surface area (Å²) >= 11 is 0. The molecule has 2 rings (SSSR count). The van der Waals surface area contributed by atoms with Crippen LogP contribution in [0.5, 0.6) is 0 Å². The largest absolute Gasteiger partial charge is 0.443 e. The number of hydroxylamine groups is 1. The first-order chi connectivity index (χ1) is 14.7. The molecule has 2 N–H and O–H groups in total. The van der Waals surface area contributed by atoms with Crippen molar-refractivity contribution in [3.05, 3.63) is 52.9 Å². The summed E-state index contributed by atoms with van der Waals surface area (Å²) in [5.41, 5.74) is 3.37. The predicted molar refractivity (Wildman–Crippen MR) is 122 cm³/mol. The molecule has 9 nitrogen and oxygen atoms in total. The molecule has 1 heterocycles. The first-order valence-electron chi connectivity index (χ1n) is 9.99. The molecular weight excluding hydrogens is 412 g/mol. The summed E-state index contributed by atoms with van der Waals surface area (Å²) in [5, 5.41) is 8.54. The summed E-state index contributed by atoms with van der Waals surface area (Å²) in [6.45, 7) is 15.3. The summed E-state index contributed by atoms with van der Waals surface area (Å²) in [6, 6.07) is 7.70. The summed E-state index contributed by atoms with van der Waals surface area (Å²) in [5.74, 6) is -0.487. The van der Waals surface area contributed by atoms with Crippen LogP contribution >= 0.6 is 0 Å². The van der Waals surface area contributed by atoms with Crippen molar-refractivity contribution >= 4 is 30.4 Å². The number of allylic oxidation sites excluding steroid dienone is 1. The van der Waals surface area contributed by atoms with E-state index in [2.05, 4.69) is 17.2 Å². The Hall–Kier alpha value is -3.62. The number of amidine groups is 1. The lowest BCUT2D eigenvalue weighted by atomic mass is 10.1. The molecule has 1 aromatic rings. The van der Waals surface area contributed by atoms with Crippen molar-refractivity contribution in [1.82, 2.24) is 10.4 Å². The van der Waals surface area contributed by atoms with Gasteiger partial charge in [0, 0.05) is 11.6 Å². The number of amides is 2. The Balaban J connectivity index is 2.45. The molecule has 0 radical (unpaired) electrons. The van der Waals surface area contributed by atoms with Crippen LogP contribution in [0.15, 0.2) is 46.8 Å². The molecular formula is C23H30N4O5. The van der Waals surface area contributed by atoms with Crippen LogP contribution in [-0.2, 0) is 14.3 Å². The van der Waals surface area contributed by atoms with E-state index in [9.17, 15) is 9.59 Å². The minimum Gasteiger partial charge on any atom is -0.443 e. The number of benzene rings is 1. The quantitative estimate of drug-likeness (QED) is 0.507. The van der Waals surface area contributed by atoms with E-state index >= 15 is 0 Å². The number of carbonyl (C=O) groups excluding carboxylic acids is 2. The third-order valence-corrected chi connectivity index (χ3v) is 3.90. The van der Waals surface area contributed by atoms with Crippen LogP contribution in [0, 0.1) is 12.3 Å². The molecule has 0 atom stereocenters. The number of ether oxygens (including phenoxy) is 2. The molecule has 0 bridgehead atoms. The number of hydrogen-bond acceptors (Lipinski definition) is 8. The molecule has 0 aromatic heterocycles. The van der Waals surface area contributed by atoms with E-state index in [0.717, 1.165) is 11.1 Å². The molecule has 32 heavy (non-hydrogen) atoms. The van der Waals surface area contributed by atoms with Gasteiger partial charge in [0.2, 0.25) is 0 Å². The maximum Gasteiger partial charge on any atom is 0.425 e. The highest BCUT2D eigenvalue weighted by Crippen LogP contribution is 2.25. The number of aliphatic imine (C=N–C) groups is 1. The Morgan fingerprint density at radius 3 is 1.97 bits per heavy atom. The number of hydrogen-bond donors (Lipinski definition) is 2. The van der Waals surface area contributed by atoms with Gasteiger partial charge in [0.05, 0.1) is 5.70 Å². The Labute approximate surface area is 188 Å². The normalized spacial score (nSPS) is 15.0. The zero-order valence-corrected chi connectivity index (χ0v) is 19.5. The molecule has 0 aliphatic carbocycles. The van der Waals surface area contributed by atoms with E-state index in [1.54, 1.807) is 47.6 Å². The van der Waals surface area contributed by atoms with Crippen LogP contribution in [0.25, 0.3) is 5.70 Å². The molecule has 0 spiro atoms. The zero-order valence-electron chi connectivity index (χ0n) is 19.5. The second kappa shape index (κ2) is 9.25. The first-order valence-corrected chi connectivity index (χ1v) is 9.99. The second-order valence-corrected chi connectivity index (χ2v) is 9.14. The number of nitrogens with one attached hydrogen (secondary N) is 2. The number of imide groups is 1. The van der Waals surface area contributed by atoms with E-state index in [0.29, 0.717) is 10.6 Å². The van der Waals surface area contributed by atoms with Crippen LogP contribution < -0.4 is 5.48 Å². The van der Waals surface area contributed by atoms with Gasteiger partial charge in [-0.3, -0.25) is 10.4 Å². The van der Waals surface area contributed by atoms with Crippen molar-refractivity contribution in [1.29, 1.82) is 5.41 Å². The van der Waals surface area contributed by atoms with Crippen LogP contribution in [0.1, 0.15) is 52.7 Å². The maximum absolute atomic E-state index is 12.8. The Kier molecular flexibility index (Phi) is 7.13. The van der Waals surface area contributed by atoms with Gasteiger partial charge in [-0.1, -0.05) is 29.8 Å². The molecule has 0 saturated carbocycles. The highest BCUT2D eigenvalue weighted by molar-refractivity contribution is 6.14. The fourth-order valence-electron chi connectivity index (χ4n) is 2.54. The van der Waals surface area contributed by atoms with Gasteiger partial charge in [-0.25, -0.2) is 15.1 Å². The lowest BCUT2D eigenvalue weighted by Crippen LogP contribution is -2.47. The first kappa shape index (κ1) is 24.6. The van der Waals surface area contributed by atoms with Gasteiger partial charge in [-0.15, -0.1) is 0 Å². The minimum absolute atomic E-state index is 0.109.